The van der Waals surface area contributed by atoms with E-state index in [0.29, 0.717) is 38.6 Å². The SMILES string of the molecule is CCCCCCCCC(=O)OCC(COC(=O)CCCCCCCC)CC(=O)OC[C@@H]1C[C@H](OC(=O)CC(COC(=O)CCCCCCCC)COC(=O)CCCCCCCC)C[NH2+]1.O=C([O-])C(F)(F)F. The van der Waals surface area contributed by atoms with Crippen LogP contribution < -0.4 is 10.4 Å². The van der Waals surface area contributed by atoms with E-state index in [0.717, 1.165) is 128 Å². The van der Waals surface area contributed by atoms with Crippen LogP contribution in [0.15, 0.2) is 0 Å². The fourth-order valence-corrected chi connectivity index (χ4v) is 7.73. The molecule has 1 saturated heterocycles. The summed E-state index contributed by atoms with van der Waals surface area (Å²) in [6.07, 6.45) is 21.2. The van der Waals surface area contributed by atoms with Gasteiger partial charge in [-0.25, -0.2) is 0 Å². The monoisotopic (exact) mass is 1020 g/mol. The summed E-state index contributed by atoms with van der Waals surface area (Å²) in [6.45, 7) is 9.08. The number of carbonyl (C=O) groups is 7. The molecule has 1 heterocycles. The van der Waals surface area contributed by atoms with Crippen molar-refractivity contribution >= 4 is 41.8 Å². The zero-order valence-corrected chi connectivity index (χ0v) is 43.9. The number of halogens is 3. The maximum atomic E-state index is 13.2. The molecule has 0 unspecified atom stereocenters. The summed E-state index contributed by atoms with van der Waals surface area (Å²) >= 11 is 0. The minimum absolute atomic E-state index is 0.0406. The van der Waals surface area contributed by atoms with Crippen molar-refractivity contribution < 1.29 is 85.6 Å². The van der Waals surface area contributed by atoms with Gasteiger partial charge in [-0.15, -0.1) is 0 Å². The van der Waals surface area contributed by atoms with E-state index in [-0.39, 0.29) is 75.8 Å². The largest absolute Gasteiger partial charge is 0.542 e. The number of unbranched alkanes of at least 4 members (excludes halogenated alkanes) is 20. The van der Waals surface area contributed by atoms with Crippen LogP contribution in [0.2, 0.25) is 0 Å². The normalized spacial score (nSPS) is 14.4. The van der Waals surface area contributed by atoms with E-state index < -0.39 is 42.0 Å². The molecule has 1 aliphatic rings. The van der Waals surface area contributed by atoms with Crippen molar-refractivity contribution in [3.8, 4) is 0 Å². The van der Waals surface area contributed by atoms with Gasteiger partial charge in [-0.2, -0.15) is 13.2 Å². The van der Waals surface area contributed by atoms with E-state index in [1.165, 1.54) is 25.7 Å². The van der Waals surface area contributed by atoms with Crippen molar-refractivity contribution in [1.29, 1.82) is 0 Å². The molecular formula is C53H92F3NO14. The third kappa shape index (κ3) is 42.3. The Morgan fingerprint density at radius 3 is 1.07 bits per heavy atom. The number of carboxylic acid groups (broad SMARTS) is 1. The highest BCUT2D eigenvalue weighted by molar-refractivity contribution is 5.73. The molecule has 0 aromatic rings. The Morgan fingerprint density at radius 2 is 0.761 bits per heavy atom. The Labute approximate surface area is 422 Å². The van der Waals surface area contributed by atoms with Gasteiger partial charge in [0, 0.05) is 43.9 Å². The predicted molar refractivity (Wildman–Crippen MR) is 259 cm³/mol. The third-order valence-electron chi connectivity index (χ3n) is 12.1. The molecule has 18 heteroatoms. The Kier molecular flexibility index (Phi) is 42.2. The third-order valence-corrected chi connectivity index (χ3v) is 12.1. The first-order valence-corrected chi connectivity index (χ1v) is 27.1. The van der Waals surface area contributed by atoms with Crippen LogP contribution in [0.1, 0.15) is 227 Å². The maximum absolute atomic E-state index is 13.2. The quantitative estimate of drug-likeness (QED) is 0.0342. The van der Waals surface area contributed by atoms with Crippen LogP contribution in [0.5, 0.6) is 0 Å². The first kappa shape index (κ1) is 67.0. The van der Waals surface area contributed by atoms with Gasteiger partial charge in [0.15, 0.2) is 6.10 Å². The highest BCUT2D eigenvalue weighted by atomic mass is 19.4. The lowest BCUT2D eigenvalue weighted by Crippen LogP contribution is -2.88. The topological polar surface area (TPSA) is 215 Å². The van der Waals surface area contributed by atoms with Gasteiger partial charge >= 0.3 is 42.0 Å². The number of aliphatic carboxylic acids is 1. The van der Waals surface area contributed by atoms with Crippen molar-refractivity contribution in [1.82, 2.24) is 0 Å². The number of ether oxygens (including phenoxy) is 6. The van der Waals surface area contributed by atoms with Gasteiger partial charge in [-0.1, -0.05) is 156 Å². The first-order valence-electron chi connectivity index (χ1n) is 27.1. The number of quaternary nitrogens is 1. The second-order valence-corrected chi connectivity index (χ2v) is 19.0. The standard InChI is InChI=1S/C51H91NO12.C2HF3O2/c1-5-9-13-17-21-25-29-46(53)59-37-42(38-60-47(54)30-26-22-18-14-10-6-2)33-50(57)63-41-44-35-45(36-52-44)64-51(58)34-43(39-61-48(55)31-27-23-19-15-11-7-3)40-62-49(56)32-28-24-20-16-12-8-4;3-2(4,5)1(6)7/h42-45,52H,5-41H2,1-4H3;(H,6,7)/t44-,45-;/m0./s1. The molecule has 1 rings (SSSR count). The van der Waals surface area contributed by atoms with Crippen LogP contribution >= 0.6 is 0 Å². The first-order chi connectivity index (χ1) is 34.0. The van der Waals surface area contributed by atoms with E-state index in [4.69, 9.17) is 38.3 Å². The number of carbonyl (C=O) groups excluding carboxylic acids is 7. The molecule has 0 aliphatic carbocycles. The van der Waals surface area contributed by atoms with Crippen LogP contribution in [0.25, 0.3) is 0 Å². The number of alkyl halides is 3. The lowest BCUT2D eigenvalue weighted by atomic mass is 10.1. The summed E-state index contributed by atoms with van der Waals surface area (Å²) in [6, 6.07) is -0.132. The van der Waals surface area contributed by atoms with Crippen LogP contribution in [-0.4, -0.2) is 99.7 Å². The number of rotatable bonds is 43. The zero-order valence-electron chi connectivity index (χ0n) is 43.9. The minimum Gasteiger partial charge on any atom is -0.542 e. The Hall–Kier alpha value is -3.96. The summed E-state index contributed by atoms with van der Waals surface area (Å²) in [4.78, 5) is 85.0. The molecule has 2 N–H and O–H groups in total. The predicted octanol–water partition coefficient (Wildman–Crippen LogP) is 9.26. The molecule has 0 aromatic carbocycles. The number of carboxylic acids is 1. The molecule has 15 nitrogen and oxygen atoms in total. The molecule has 2 atom stereocenters. The fraction of sp³-hybridized carbons (Fsp3) is 0.868. The lowest BCUT2D eigenvalue weighted by Gasteiger charge is -2.18. The number of hydrogen-bond acceptors (Lipinski definition) is 14. The molecule has 0 spiro atoms. The average Bonchev–Trinajstić information content (AvgIpc) is 3.78. The van der Waals surface area contributed by atoms with Crippen LogP contribution in [0, 0.1) is 11.8 Å². The van der Waals surface area contributed by atoms with Gasteiger partial charge < -0.3 is 43.6 Å². The number of nitrogens with two attached hydrogens (primary N) is 1. The second kappa shape index (κ2) is 44.7. The summed E-state index contributed by atoms with van der Waals surface area (Å²) in [5.74, 6) is -6.33. The van der Waals surface area contributed by atoms with E-state index in [2.05, 4.69) is 27.7 Å². The van der Waals surface area contributed by atoms with Crippen molar-refractivity contribution in [2.24, 2.45) is 11.8 Å². The van der Waals surface area contributed by atoms with Crippen LogP contribution in [0.4, 0.5) is 13.2 Å². The smallest absolute Gasteiger partial charge is 0.430 e. The van der Waals surface area contributed by atoms with Crippen molar-refractivity contribution in [3.05, 3.63) is 0 Å². The molecular weight excluding hydrogens is 932 g/mol. The van der Waals surface area contributed by atoms with Gasteiger partial charge in [-0.05, 0) is 25.7 Å². The van der Waals surface area contributed by atoms with Crippen molar-refractivity contribution in [3.63, 3.8) is 0 Å². The van der Waals surface area contributed by atoms with E-state index in [1.807, 2.05) is 5.32 Å². The minimum atomic E-state index is -5.19. The van der Waals surface area contributed by atoms with Gasteiger partial charge in [0.1, 0.15) is 25.2 Å². The van der Waals surface area contributed by atoms with E-state index in [9.17, 15) is 41.9 Å². The summed E-state index contributed by atoms with van der Waals surface area (Å²) in [5, 5.41) is 10.8. The molecule has 414 valence electrons. The molecule has 0 aromatic heterocycles. The van der Waals surface area contributed by atoms with Gasteiger partial charge in [0.2, 0.25) is 0 Å². The number of esters is 6. The molecule has 0 radical (unpaired) electrons. The Balaban J connectivity index is 0.00000647. The summed E-state index contributed by atoms with van der Waals surface area (Å²) in [7, 11) is 0. The average molecular weight is 1020 g/mol. The summed E-state index contributed by atoms with van der Waals surface area (Å²) < 4.78 is 65.1. The molecule has 0 amide bonds. The van der Waals surface area contributed by atoms with Gasteiger partial charge in [0.25, 0.3) is 0 Å². The molecule has 71 heavy (non-hydrogen) atoms. The highest BCUT2D eigenvalue weighted by Gasteiger charge is 2.33. The maximum Gasteiger partial charge on any atom is 0.430 e. The zero-order chi connectivity index (χ0) is 53.0. The summed E-state index contributed by atoms with van der Waals surface area (Å²) in [5.41, 5.74) is 0. The Bertz CT molecular complexity index is 1370. The van der Waals surface area contributed by atoms with E-state index >= 15 is 0 Å². The fourth-order valence-electron chi connectivity index (χ4n) is 7.73. The van der Waals surface area contributed by atoms with E-state index in [1.54, 1.807) is 0 Å². The van der Waals surface area contributed by atoms with Crippen LogP contribution in [-0.2, 0) is 62.0 Å². The van der Waals surface area contributed by atoms with Crippen molar-refractivity contribution in [2.75, 3.05) is 39.6 Å². The highest BCUT2D eigenvalue weighted by Crippen LogP contribution is 2.17. The van der Waals surface area contributed by atoms with Crippen molar-refractivity contribution in [2.45, 2.75) is 245 Å². The molecule has 1 aliphatic heterocycles. The number of hydrogen-bond donors (Lipinski definition) is 1. The second-order valence-electron chi connectivity index (χ2n) is 19.0. The molecule has 1 fully saturated rings. The molecule has 0 saturated carbocycles. The van der Waals surface area contributed by atoms with Gasteiger partial charge in [-0.3, -0.25) is 28.8 Å². The van der Waals surface area contributed by atoms with Crippen LogP contribution in [0.3, 0.4) is 0 Å². The lowest BCUT2D eigenvalue weighted by molar-refractivity contribution is -0.673. The molecule has 0 bridgehead atoms. The van der Waals surface area contributed by atoms with Gasteiger partial charge in [0.05, 0.1) is 39.3 Å². The Morgan fingerprint density at radius 1 is 0.465 bits per heavy atom.